The molecule has 84 valence electrons. The van der Waals surface area contributed by atoms with Gasteiger partial charge in [-0.1, -0.05) is 12.8 Å². The molecular formula is C13H15NO2. The molecule has 0 amide bonds. The van der Waals surface area contributed by atoms with Gasteiger partial charge in [0.15, 0.2) is 5.75 Å². The fourth-order valence-electron chi connectivity index (χ4n) is 1.88. The first-order chi connectivity index (χ1) is 7.83. The zero-order valence-electron chi connectivity index (χ0n) is 9.45. The molecule has 1 aliphatic rings. The summed E-state index contributed by atoms with van der Waals surface area (Å²) < 4.78 is 7.15. The van der Waals surface area contributed by atoms with Crippen LogP contribution in [0.3, 0.4) is 0 Å². The van der Waals surface area contributed by atoms with Crippen LogP contribution in [0.15, 0.2) is 16.9 Å². The Morgan fingerprint density at radius 3 is 3.12 bits per heavy atom. The molecule has 1 aliphatic heterocycles. The minimum absolute atomic E-state index is 0.0201. The largest absolute Gasteiger partial charge is 0.475 e. The van der Waals surface area contributed by atoms with Gasteiger partial charge in [0.05, 0.1) is 0 Å². The van der Waals surface area contributed by atoms with Crippen molar-refractivity contribution in [3.63, 3.8) is 0 Å². The van der Waals surface area contributed by atoms with E-state index in [2.05, 4.69) is 11.8 Å². The lowest BCUT2D eigenvalue weighted by atomic mass is 10.3. The molecule has 0 saturated heterocycles. The van der Waals surface area contributed by atoms with Crippen molar-refractivity contribution in [2.24, 2.45) is 0 Å². The number of pyridine rings is 1. The molecule has 0 aliphatic carbocycles. The lowest BCUT2D eigenvalue weighted by molar-refractivity contribution is 0.361. The Balaban J connectivity index is 2.14. The Labute approximate surface area is 95.0 Å². The van der Waals surface area contributed by atoms with Gasteiger partial charge in [-0.2, -0.15) is 0 Å². The molecule has 0 fully saturated rings. The van der Waals surface area contributed by atoms with E-state index >= 15 is 0 Å². The van der Waals surface area contributed by atoms with E-state index in [1.807, 2.05) is 13.0 Å². The summed E-state index contributed by atoms with van der Waals surface area (Å²) in [7, 11) is 0. The summed E-state index contributed by atoms with van der Waals surface area (Å²) in [5, 5.41) is 0. The maximum Gasteiger partial charge on any atom is 0.293 e. The van der Waals surface area contributed by atoms with E-state index in [1.54, 1.807) is 10.6 Å². The fourth-order valence-corrected chi connectivity index (χ4v) is 1.88. The van der Waals surface area contributed by atoms with Crippen LogP contribution in [-0.2, 0) is 13.0 Å². The van der Waals surface area contributed by atoms with E-state index in [-0.39, 0.29) is 5.56 Å². The van der Waals surface area contributed by atoms with Crippen molar-refractivity contribution in [1.82, 2.24) is 4.57 Å². The van der Waals surface area contributed by atoms with E-state index in [4.69, 9.17) is 4.74 Å². The smallest absolute Gasteiger partial charge is 0.293 e. The number of aryl methyl sites for hydroxylation is 1. The maximum absolute atomic E-state index is 11.9. The Morgan fingerprint density at radius 1 is 1.44 bits per heavy atom. The lowest BCUT2D eigenvalue weighted by Crippen LogP contribution is -2.21. The highest BCUT2D eigenvalue weighted by atomic mass is 16.5. The molecule has 0 radical (unpaired) electrons. The van der Waals surface area contributed by atoms with Crippen LogP contribution in [0.1, 0.15) is 25.5 Å². The van der Waals surface area contributed by atoms with Crippen LogP contribution in [0.4, 0.5) is 0 Å². The lowest BCUT2D eigenvalue weighted by Gasteiger charge is -2.06. The van der Waals surface area contributed by atoms with E-state index in [9.17, 15) is 4.79 Å². The highest BCUT2D eigenvalue weighted by molar-refractivity contribution is 5.24. The van der Waals surface area contributed by atoms with Crippen LogP contribution < -0.4 is 10.3 Å². The van der Waals surface area contributed by atoms with E-state index in [1.165, 1.54) is 0 Å². The van der Waals surface area contributed by atoms with E-state index in [0.717, 1.165) is 31.5 Å². The molecule has 0 atom stereocenters. The van der Waals surface area contributed by atoms with Gasteiger partial charge in [0, 0.05) is 18.7 Å². The molecule has 2 heterocycles. The summed E-state index contributed by atoms with van der Waals surface area (Å²) in [5.41, 5.74) is 1.09. The Hall–Kier alpha value is -1.69. The molecule has 2 rings (SSSR count). The molecule has 0 saturated carbocycles. The minimum Gasteiger partial charge on any atom is -0.475 e. The SMILES string of the molecule is CCC#CCOc1ccc2n(c1=O)CCC2. The standard InChI is InChI=1S/C13H15NO2/c1-2-3-4-10-16-12-8-7-11-6-5-9-14(11)13(12)15/h7-8H,2,5-6,9-10H2,1H3. The second-order valence-electron chi connectivity index (χ2n) is 3.75. The molecule has 0 N–H and O–H groups in total. The van der Waals surface area contributed by atoms with Gasteiger partial charge in [0.25, 0.3) is 5.56 Å². The third-order valence-electron chi connectivity index (χ3n) is 2.65. The highest BCUT2D eigenvalue weighted by Crippen LogP contribution is 2.14. The van der Waals surface area contributed by atoms with E-state index in [0.29, 0.717) is 12.4 Å². The average Bonchev–Trinajstić information content (AvgIpc) is 2.76. The molecule has 0 unspecified atom stereocenters. The molecule has 1 aromatic heterocycles. The minimum atomic E-state index is -0.0201. The molecule has 3 heteroatoms. The van der Waals surface area contributed by atoms with Gasteiger partial charge in [-0.3, -0.25) is 4.79 Å². The first-order valence-electron chi connectivity index (χ1n) is 5.64. The maximum atomic E-state index is 11.9. The zero-order chi connectivity index (χ0) is 11.4. The highest BCUT2D eigenvalue weighted by Gasteiger charge is 2.14. The predicted molar refractivity (Wildman–Crippen MR) is 62.6 cm³/mol. The van der Waals surface area contributed by atoms with Crippen LogP contribution in [0.25, 0.3) is 0 Å². The first kappa shape index (κ1) is 10.8. The number of aromatic nitrogens is 1. The summed E-state index contributed by atoms with van der Waals surface area (Å²) in [6, 6.07) is 3.73. The summed E-state index contributed by atoms with van der Waals surface area (Å²) in [6.45, 7) is 3.09. The summed E-state index contributed by atoms with van der Waals surface area (Å²) in [6.07, 6.45) is 2.85. The third kappa shape index (κ3) is 2.11. The van der Waals surface area contributed by atoms with Gasteiger partial charge >= 0.3 is 0 Å². The topological polar surface area (TPSA) is 31.2 Å². The second kappa shape index (κ2) is 4.89. The van der Waals surface area contributed by atoms with Crippen molar-refractivity contribution in [3.05, 3.63) is 28.2 Å². The molecule has 0 aromatic carbocycles. The Kier molecular flexibility index (Phi) is 3.31. The summed E-state index contributed by atoms with van der Waals surface area (Å²) in [4.78, 5) is 11.9. The van der Waals surface area contributed by atoms with E-state index < -0.39 is 0 Å². The van der Waals surface area contributed by atoms with Gasteiger partial charge in [-0.15, -0.1) is 5.92 Å². The molecule has 16 heavy (non-hydrogen) atoms. The van der Waals surface area contributed by atoms with Crippen LogP contribution in [0.5, 0.6) is 5.75 Å². The normalized spacial score (nSPS) is 12.8. The molecule has 0 bridgehead atoms. The Morgan fingerprint density at radius 2 is 2.31 bits per heavy atom. The van der Waals surface area contributed by atoms with Crippen molar-refractivity contribution in [2.45, 2.75) is 32.7 Å². The van der Waals surface area contributed by atoms with Crippen LogP contribution in [-0.4, -0.2) is 11.2 Å². The fraction of sp³-hybridized carbons (Fsp3) is 0.462. The van der Waals surface area contributed by atoms with Crippen LogP contribution in [0, 0.1) is 11.8 Å². The van der Waals surface area contributed by atoms with Gasteiger partial charge in [0.1, 0.15) is 6.61 Å². The van der Waals surface area contributed by atoms with Gasteiger partial charge in [-0.05, 0) is 25.0 Å². The van der Waals surface area contributed by atoms with Crippen molar-refractivity contribution >= 4 is 0 Å². The molecule has 0 spiro atoms. The van der Waals surface area contributed by atoms with Crippen molar-refractivity contribution in [3.8, 4) is 17.6 Å². The third-order valence-corrected chi connectivity index (χ3v) is 2.65. The number of hydrogen-bond donors (Lipinski definition) is 0. The van der Waals surface area contributed by atoms with Crippen molar-refractivity contribution in [1.29, 1.82) is 0 Å². The monoisotopic (exact) mass is 217 g/mol. The van der Waals surface area contributed by atoms with Gasteiger partial charge in [-0.25, -0.2) is 0 Å². The molecule has 1 aromatic rings. The van der Waals surface area contributed by atoms with Crippen molar-refractivity contribution in [2.75, 3.05) is 6.61 Å². The van der Waals surface area contributed by atoms with Gasteiger partial charge < -0.3 is 9.30 Å². The van der Waals surface area contributed by atoms with Gasteiger partial charge in [0.2, 0.25) is 0 Å². The predicted octanol–water partition coefficient (Wildman–Crippen LogP) is 1.59. The summed E-state index contributed by atoms with van der Waals surface area (Å²) >= 11 is 0. The Bertz CT molecular complexity index is 491. The average molecular weight is 217 g/mol. The second-order valence-corrected chi connectivity index (χ2v) is 3.75. The zero-order valence-corrected chi connectivity index (χ0v) is 9.45. The first-order valence-corrected chi connectivity index (χ1v) is 5.64. The quantitative estimate of drug-likeness (QED) is 0.704. The number of rotatable bonds is 2. The van der Waals surface area contributed by atoms with Crippen LogP contribution >= 0.6 is 0 Å². The number of nitrogens with zero attached hydrogens (tertiary/aromatic N) is 1. The molecular weight excluding hydrogens is 202 g/mol. The molecule has 3 nitrogen and oxygen atoms in total. The van der Waals surface area contributed by atoms with Crippen LogP contribution in [0.2, 0.25) is 0 Å². The number of fused-ring (bicyclic) bond motifs is 1. The number of hydrogen-bond acceptors (Lipinski definition) is 2. The summed E-state index contributed by atoms with van der Waals surface area (Å²) in [5.74, 6) is 6.18. The number of ether oxygens (including phenoxy) is 1. The van der Waals surface area contributed by atoms with Crippen molar-refractivity contribution < 1.29 is 4.74 Å².